The Bertz CT molecular complexity index is 140. The molecule has 2 fully saturated rings. The molecule has 2 atom stereocenters. The summed E-state index contributed by atoms with van der Waals surface area (Å²) in [5.74, 6) is 1.88. The third-order valence-corrected chi connectivity index (χ3v) is 2.83. The number of carbonyl (C=O) groups is 1. The summed E-state index contributed by atoms with van der Waals surface area (Å²) in [6, 6.07) is 0. The van der Waals surface area contributed by atoms with E-state index >= 15 is 0 Å². The molecule has 2 aliphatic rings. The molecule has 0 aromatic rings. The highest BCUT2D eigenvalue weighted by molar-refractivity contribution is 5.82. The van der Waals surface area contributed by atoms with E-state index in [1.165, 1.54) is 25.7 Å². The predicted octanol–water partition coefficient (Wildman–Crippen LogP) is 1.77. The molecule has 0 saturated heterocycles. The van der Waals surface area contributed by atoms with Crippen LogP contribution in [-0.2, 0) is 4.79 Å². The van der Waals surface area contributed by atoms with Crippen molar-refractivity contribution in [2.45, 2.75) is 32.1 Å². The van der Waals surface area contributed by atoms with Crippen molar-refractivity contribution in [1.82, 2.24) is 0 Å². The minimum Gasteiger partial charge on any atom is -0.299 e. The van der Waals surface area contributed by atoms with Gasteiger partial charge in [0.05, 0.1) is 0 Å². The molecule has 0 unspecified atom stereocenters. The van der Waals surface area contributed by atoms with Gasteiger partial charge in [0.2, 0.25) is 0 Å². The second kappa shape index (κ2) is 1.83. The van der Waals surface area contributed by atoms with E-state index in [1.54, 1.807) is 0 Å². The lowest BCUT2D eigenvalue weighted by atomic mass is 9.65. The fourth-order valence-corrected chi connectivity index (χ4v) is 2.06. The van der Waals surface area contributed by atoms with Crippen molar-refractivity contribution in [2.24, 2.45) is 11.8 Å². The Morgan fingerprint density at radius 1 is 1.22 bits per heavy atom. The standard InChI is InChI=1S/C8H12O/c9-8-3-1-2-6-4-5-7(6)8/h6-7H,1-5H2/t6-,7+/m1/s1. The summed E-state index contributed by atoms with van der Waals surface area (Å²) in [7, 11) is 0. The Hall–Kier alpha value is -0.330. The van der Waals surface area contributed by atoms with Crippen molar-refractivity contribution in [3.8, 4) is 0 Å². The fraction of sp³-hybridized carbons (Fsp3) is 0.875. The van der Waals surface area contributed by atoms with Gasteiger partial charge in [0.15, 0.2) is 0 Å². The molecular formula is C8H12O. The van der Waals surface area contributed by atoms with E-state index in [-0.39, 0.29) is 0 Å². The van der Waals surface area contributed by atoms with E-state index < -0.39 is 0 Å². The van der Waals surface area contributed by atoms with Crippen LogP contribution >= 0.6 is 0 Å². The minimum absolute atomic E-state index is 0.513. The summed E-state index contributed by atoms with van der Waals surface area (Å²) >= 11 is 0. The van der Waals surface area contributed by atoms with E-state index in [2.05, 4.69) is 0 Å². The number of fused-ring (bicyclic) bond motifs is 1. The summed E-state index contributed by atoms with van der Waals surface area (Å²) in [5, 5.41) is 0. The molecule has 0 radical (unpaired) electrons. The third kappa shape index (κ3) is 0.707. The molecule has 0 amide bonds. The van der Waals surface area contributed by atoms with Crippen molar-refractivity contribution in [3.63, 3.8) is 0 Å². The Morgan fingerprint density at radius 2 is 2.11 bits per heavy atom. The summed E-state index contributed by atoms with van der Waals surface area (Å²) in [6.45, 7) is 0. The largest absolute Gasteiger partial charge is 0.299 e. The van der Waals surface area contributed by atoms with Crippen molar-refractivity contribution >= 4 is 5.78 Å². The zero-order valence-electron chi connectivity index (χ0n) is 5.60. The smallest absolute Gasteiger partial charge is 0.136 e. The van der Waals surface area contributed by atoms with Gasteiger partial charge in [0.25, 0.3) is 0 Å². The lowest BCUT2D eigenvalue weighted by Gasteiger charge is -2.38. The molecule has 0 heterocycles. The van der Waals surface area contributed by atoms with E-state index in [0.717, 1.165) is 12.3 Å². The van der Waals surface area contributed by atoms with Gasteiger partial charge in [-0.1, -0.05) is 0 Å². The van der Waals surface area contributed by atoms with Crippen LogP contribution in [0.1, 0.15) is 32.1 Å². The van der Waals surface area contributed by atoms with E-state index in [4.69, 9.17) is 0 Å². The zero-order chi connectivity index (χ0) is 6.27. The molecule has 1 heteroatoms. The SMILES string of the molecule is O=C1CCC[C@@H]2CC[C@H]12. The zero-order valence-corrected chi connectivity index (χ0v) is 5.60. The topological polar surface area (TPSA) is 17.1 Å². The molecule has 0 aliphatic heterocycles. The van der Waals surface area contributed by atoms with Crippen molar-refractivity contribution < 1.29 is 4.79 Å². The number of rotatable bonds is 0. The van der Waals surface area contributed by atoms with Crippen molar-refractivity contribution in [2.75, 3.05) is 0 Å². The summed E-state index contributed by atoms with van der Waals surface area (Å²) in [5.41, 5.74) is 0. The van der Waals surface area contributed by atoms with Crippen LogP contribution < -0.4 is 0 Å². The van der Waals surface area contributed by atoms with E-state index in [0.29, 0.717) is 11.7 Å². The second-order valence-electron chi connectivity index (χ2n) is 3.30. The van der Waals surface area contributed by atoms with Crippen LogP contribution in [0.5, 0.6) is 0 Å². The fourth-order valence-electron chi connectivity index (χ4n) is 2.06. The van der Waals surface area contributed by atoms with E-state index in [1.807, 2.05) is 0 Å². The minimum atomic E-state index is 0.513. The van der Waals surface area contributed by atoms with Crippen molar-refractivity contribution in [1.29, 1.82) is 0 Å². The molecule has 9 heavy (non-hydrogen) atoms. The lowest BCUT2D eigenvalue weighted by molar-refractivity contribution is -0.130. The number of ketones is 1. The van der Waals surface area contributed by atoms with Gasteiger partial charge < -0.3 is 0 Å². The molecule has 0 aromatic heterocycles. The molecular weight excluding hydrogens is 112 g/mol. The quantitative estimate of drug-likeness (QED) is 0.481. The first-order chi connectivity index (χ1) is 4.38. The third-order valence-electron chi connectivity index (χ3n) is 2.83. The molecule has 0 bridgehead atoms. The summed E-state index contributed by atoms with van der Waals surface area (Å²) in [6.07, 6.45) is 5.90. The highest BCUT2D eigenvalue weighted by Crippen LogP contribution is 2.42. The second-order valence-corrected chi connectivity index (χ2v) is 3.30. The Kier molecular flexibility index (Phi) is 1.11. The maximum absolute atomic E-state index is 11.1. The van der Waals surface area contributed by atoms with E-state index in [9.17, 15) is 4.79 Å². The first-order valence-corrected chi connectivity index (χ1v) is 3.90. The molecule has 2 rings (SSSR count). The first-order valence-electron chi connectivity index (χ1n) is 3.90. The van der Waals surface area contributed by atoms with Gasteiger partial charge >= 0.3 is 0 Å². The van der Waals surface area contributed by atoms with Crippen molar-refractivity contribution in [3.05, 3.63) is 0 Å². The Balaban J connectivity index is 2.06. The van der Waals surface area contributed by atoms with Crippen LogP contribution in [0, 0.1) is 11.8 Å². The molecule has 2 aliphatic carbocycles. The highest BCUT2D eigenvalue weighted by Gasteiger charge is 2.38. The van der Waals surface area contributed by atoms with Crippen LogP contribution in [0.3, 0.4) is 0 Å². The number of hydrogen-bond acceptors (Lipinski definition) is 1. The Morgan fingerprint density at radius 3 is 2.56 bits per heavy atom. The molecule has 0 N–H and O–H groups in total. The molecule has 0 aromatic carbocycles. The average molecular weight is 124 g/mol. The number of Topliss-reactive ketones (excluding diaryl/α,β-unsaturated/α-hetero) is 1. The predicted molar refractivity (Wildman–Crippen MR) is 35.1 cm³/mol. The number of hydrogen-bond donors (Lipinski definition) is 0. The maximum atomic E-state index is 11.1. The molecule has 50 valence electrons. The van der Waals surface area contributed by atoms with Gasteiger partial charge in [-0.05, 0) is 31.6 Å². The van der Waals surface area contributed by atoms with Crippen LogP contribution in [0.4, 0.5) is 0 Å². The molecule has 0 spiro atoms. The van der Waals surface area contributed by atoms with Crippen LogP contribution in [0.15, 0.2) is 0 Å². The molecule has 2 saturated carbocycles. The van der Waals surface area contributed by atoms with Crippen LogP contribution in [0.2, 0.25) is 0 Å². The highest BCUT2D eigenvalue weighted by atomic mass is 16.1. The lowest BCUT2D eigenvalue weighted by Crippen LogP contribution is -2.36. The van der Waals surface area contributed by atoms with Gasteiger partial charge in [-0.15, -0.1) is 0 Å². The monoisotopic (exact) mass is 124 g/mol. The summed E-state index contributed by atoms with van der Waals surface area (Å²) < 4.78 is 0. The van der Waals surface area contributed by atoms with Gasteiger partial charge in [-0.3, -0.25) is 4.79 Å². The Labute approximate surface area is 55.4 Å². The normalized spacial score (nSPS) is 41.6. The summed E-state index contributed by atoms with van der Waals surface area (Å²) in [4.78, 5) is 11.1. The van der Waals surface area contributed by atoms with Gasteiger partial charge in [0.1, 0.15) is 5.78 Å². The maximum Gasteiger partial charge on any atom is 0.136 e. The van der Waals surface area contributed by atoms with Crippen LogP contribution in [-0.4, -0.2) is 5.78 Å². The average Bonchev–Trinajstić information content (AvgIpc) is 1.74. The number of carbonyl (C=O) groups excluding carboxylic acids is 1. The van der Waals surface area contributed by atoms with Gasteiger partial charge in [0, 0.05) is 12.3 Å². The first kappa shape index (κ1) is 5.45. The van der Waals surface area contributed by atoms with Gasteiger partial charge in [-0.25, -0.2) is 0 Å². The van der Waals surface area contributed by atoms with Crippen LogP contribution in [0.25, 0.3) is 0 Å². The molecule has 1 nitrogen and oxygen atoms in total. The van der Waals surface area contributed by atoms with Gasteiger partial charge in [-0.2, -0.15) is 0 Å².